The van der Waals surface area contributed by atoms with Gasteiger partial charge in [-0.25, -0.2) is 24.4 Å². The van der Waals surface area contributed by atoms with E-state index in [0.29, 0.717) is 34.6 Å². The molecule has 0 radical (unpaired) electrons. The minimum atomic E-state index is -1.71. The zero-order valence-corrected chi connectivity index (χ0v) is 47.0. The molecule has 4 atom stereocenters. The molecule has 1 aliphatic carbocycles. The third kappa shape index (κ3) is 12.2. The number of fused-ring (bicyclic) bond motifs is 4. The molecule has 6 aromatic carbocycles. The topological polar surface area (TPSA) is 193 Å². The first kappa shape index (κ1) is 56.2. The predicted octanol–water partition coefficient (Wildman–Crippen LogP) is 12.1. The molecule has 81 heavy (non-hydrogen) atoms. The number of nitrogens with zero attached hydrogens (tertiary/aromatic N) is 6. The summed E-state index contributed by atoms with van der Waals surface area (Å²) >= 11 is 0. The summed E-state index contributed by atoms with van der Waals surface area (Å²) in [7, 11) is 1.56. The van der Waals surface area contributed by atoms with Gasteiger partial charge in [-0.05, 0) is 109 Å². The number of anilines is 1. The summed E-state index contributed by atoms with van der Waals surface area (Å²) in [6.45, 7) is 9.02. The normalized spacial score (nSPS) is 16.3. The van der Waals surface area contributed by atoms with Crippen LogP contribution in [0.4, 0.5) is 10.6 Å². The molecule has 1 fully saturated rings. The van der Waals surface area contributed by atoms with E-state index in [2.05, 4.69) is 83.3 Å². The number of rotatable bonds is 23. The highest BCUT2D eigenvalue weighted by Gasteiger charge is 2.45. The van der Waals surface area contributed by atoms with Crippen LogP contribution in [0.5, 0.6) is 11.5 Å². The van der Waals surface area contributed by atoms with Crippen molar-refractivity contribution in [3.63, 3.8) is 0 Å². The largest absolute Gasteiger partial charge is 0.497 e. The maximum Gasteiger partial charge on any atom is 0.407 e. The molecular weight excluding hydrogens is 1040 g/mol. The number of hydrogen-bond donors (Lipinski definition) is 2. The SMILES string of the molecule is COc1ccc(C(OC[C@H]2OC(n3cnc4c(NC(=O)c5ccc(CNC(=O)OCC6c7ccccc7-c7ccccc76)cc5)ncnc43)CC2OP(OCCC#N)N(C(C)C)C(C)C)(c2ccccc2)c2ccc(OC)cc2)cc1. The third-order valence-electron chi connectivity index (χ3n) is 14.6. The molecule has 2 aromatic heterocycles. The molecule has 3 heterocycles. The Bertz CT molecular complexity index is 3370. The van der Waals surface area contributed by atoms with Crippen LogP contribution in [0, 0.1) is 11.3 Å². The first-order valence-electron chi connectivity index (χ1n) is 27.0. The first-order valence-corrected chi connectivity index (χ1v) is 28.2. The van der Waals surface area contributed by atoms with Gasteiger partial charge in [-0.1, -0.05) is 115 Å². The van der Waals surface area contributed by atoms with Gasteiger partial charge in [0.2, 0.25) is 0 Å². The van der Waals surface area contributed by atoms with E-state index < -0.39 is 44.6 Å². The summed E-state index contributed by atoms with van der Waals surface area (Å²) in [5.41, 5.74) is 7.94. The smallest absolute Gasteiger partial charge is 0.407 e. The maximum atomic E-state index is 13.8. The summed E-state index contributed by atoms with van der Waals surface area (Å²) in [6, 6.07) is 51.3. The molecule has 1 saturated heterocycles. The predicted molar refractivity (Wildman–Crippen MR) is 309 cm³/mol. The van der Waals surface area contributed by atoms with Crippen molar-refractivity contribution in [1.82, 2.24) is 29.5 Å². The van der Waals surface area contributed by atoms with Crippen molar-refractivity contribution in [3.05, 3.63) is 203 Å². The van der Waals surface area contributed by atoms with Crippen LogP contribution in [0.25, 0.3) is 22.3 Å². The van der Waals surface area contributed by atoms with Gasteiger partial charge in [0.15, 0.2) is 17.0 Å². The third-order valence-corrected chi connectivity index (χ3v) is 16.8. The summed E-state index contributed by atoms with van der Waals surface area (Å²) < 4.78 is 49.0. The lowest BCUT2D eigenvalue weighted by molar-refractivity contribution is -0.0912. The van der Waals surface area contributed by atoms with Crippen LogP contribution in [0.1, 0.15) is 96.4 Å². The molecule has 2 aliphatic rings. The number of ether oxygens (including phenoxy) is 5. The van der Waals surface area contributed by atoms with E-state index in [1.165, 1.54) is 6.33 Å². The van der Waals surface area contributed by atoms with Crippen molar-refractivity contribution in [3.8, 4) is 28.7 Å². The quantitative estimate of drug-likeness (QED) is 0.0349. The Morgan fingerprint density at radius 3 is 1.98 bits per heavy atom. The number of nitriles is 1. The van der Waals surface area contributed by atoms with Gasteiger partial charge in [0.05, 0.1) is 52.4 Å². The molecule has 0 bridgehead atoms. The van der Waals surface area contributed by atoms with Gasteiger partial charge in [-0.2, -0.15) is 5.26 Å². The number of carbonyl (C=O) groups is 2. The molecule has 8 aromatic rings. The Kier molecular flexibility index (Phi) is 17.8. The molecule has 18 heteroatoms. The Balaban J connectivity index is 0.877. The van der Waals surface area contributed by atoms with Gasteiger partial charge in [0.1, 0.15) is 42.4 Å². The Morgan fingerprint density at radius 2 is 1.37 bits per heavy atom. The Morgan fingerprint density at radius 1 is 0.765 bits per heavy atom. The van der Waals surface area contributed by atoms with Crippen LogP contribution in [0.3, 0.4) is 0 Å². The number of imidazole rings is 1. The van der Waals surface area contributed by atoms with Gasteiger partial charge < -0.3 is 43.4 Å². The molecule has 10 rings (SSSR count). The zero-order valence-electron chi connectivity index (χ0n) is 46.1. The second kappa shape index (κ2) is 25.6. The number of amides is 2. The van der Waals surface area contributed by atoms with Gasteiger partial charge in [0, 0.05) is 36.5 Å². The molecular formula is C63H65N8O9P. The minimum absolute atomic E-state index is 0.0431. The molecule has 1 aliphatic heterocycles. The number of methoxy groups -OCH3 is 2. The van der Waals surface area contributed by atoms with Crippen LogP contribution in [0.15, 0.2) is 164 Å². The van der Waals surface area contributed by atoms with E-state index in [4.69, 9.17) is 37.7 Å². The monoisotopic (exact) mass is 1110 g/mol. The summed E-state index contributed by atoms with van der Waals surface area (Å²) in [6.07, 6.45) is 1.05. The lowest BCUT2D eigenvalue weighted by Gasteiger charge is -2.39. The van der Waals surface area contributed by atoms with Crippen molar-refractivity contribution in [1.29, 1.82) is 5.26 Å². The number of nitrogens with one attached hydrogen (secondary N) is 2. The van der Waals surface area contributed by atoms with Gasteiger partial charge in [0.25, 0.3) is 14.4 Å². The number of benzene rings is 6. The highest BCUT2D eigenvalue weighted by Crippen LogP contribution is 2.51. The average Bonchev–Trinajstić information content (AvgIpc) is 4.30. The molecule has 2 amide bonds. The summed E-state index contributed by atoms with van der Waals surface area (Å²) in [5, 5.41) is 15.3. The van der Waals surface area contributed by atoms with Crippen molar-refractivity contribution in [2.75, 3.05) is 39.4 Å². The first-order chi connectivity index (χ1) is 39.5. The molecule has 416 valence electrons. The summed E-state index contributed by atoms with van der Waals surface area (Å²) in [5.74, 6) is 1.14. The van der Waals surface area contributed by atoms with Crippen LogP contribution in [0.2, 0.25) is 0 Å². The lowest BCUT2D eigenvalue weighted by Crippen LogP contribution is -2.39. The lowest BCUT2D eigenvalue weighted by atomic mass is 9.80. The van der Waals surface area contributed by atoms with Crippen molar-refractivity contribution >= 4 is 37.5 Å². The van der Waals surface area contributed by atoms with Crippen LogP contribution < -0.4 is 20.1 Å². The zero-order chi connectivity index (χ0) is 56.5. The Hall–Kier alpha value is -8.07. The van der Waals surface area contributed by atoms with Crippen molar-refractivity contribution in [2.45, 2.75) is 89.1 Å². The minimum Gasteiger partial charge on any atom is -0.497 e. The highest BCUT2D eigenvalue weighted by molar-refractivity contribution is 7.44. The number of carbonyl (C=O) groups excluding carboxylic acids is 2. The second-order valence-corrected chi connectivity index (χ2v) is 21.7. The standard InChI is InChI=1S/C63H65N8O9P/c1-41(2)71(42(3)4)81(78-34-14-33-64)80-55-35-57(79-56(55)38-77-63(45-15-8-7-9-16-45,46-25-29-48(74-5)30-26-46)47-27-31-49(75-6)32-28-47)70-40-68-58-59(66-39-67-60(58)70)69-61(72)44-23-21-43(22-24-44)36-65-62(73)76-37-54-52-19-12-10-17-50(52)51-18-11-13-20-53(51)54/h7-13,15-32,39-42,54-57H,14,34-38H2,1-6H3,(H,65,73)(H,66,67,69,72)/t55?,56-,57?,81?/m1/s1. The molecule has 0 saturated carbocycles. The molecule has 2 N–H and O–H groups in total. The number of aromatic nitrogens is 4. The highest BCUT2D eigenvalue weighted by atomic mass is 31.2. The molecule has 0 spiro atoms. The van der Waals surface area contributed by atoms with Gasteiger partial charge in [-0.3, -0.25) is 9.36 Å². The average molecular weight is 1110 g/mol. The van der Waals surface area contributed by atoms with Gasteiger partial charge >= 0.3 is 6.09 Å². The second-order valence-electron chi connectivity index (χ2n) is 20.2. The molecule has 17 nitrogen and oxygen atoms in total. The van der Waals surface area contributed by atoms with E-state index in [1.54, 1.807) is 44.8 Å². The molecule has 3 unspecified atom stereocenters. The fourth-order valence-electron chi connectivity index (χ4n) is 10.8. The number of hydrogen-bond acceptors (Lipinski definition) is 14. The van der Waals surface area contributed by atoms with Gasteiger partial charge in [-0.15, -0.1) is 0 Å². The van der Waals surface area contributed by atoms with E-state index in [-0.39, 0.29) is 56.6 Å². The number of alkyl carbamates (subject to hydrolysis) is 1. The maximum absolute atomic E-state index is 13.8. The fourth-order valence-corrected chi connectivity index (χ4v) is 12.5. The summed E-state index contributed by atoms with van der Waals surface area (Å²) in [4.78, 5) is 40.6. The Labute approximate surface area is 473 Å². The van der Waals surface area contributed by atoms with Crippen molar-refractivity contribution < 1.29 is 42.3 Å². The van der Waals surface area contributed by atoms with Crippen LogP contribution in [-0.4, -0.2) is 94.5 Å². The van der Waals surface area contributed by atoms with E-state index in [9.17, 15) is 14.9 Å². The van der Waals surface area contributed by atoms with E-state index in [1.807, 2.05) is 108 Å². The van der Waals surface area contributed by atoms with Crippen LogP contribution >= 0.6 is 8.53 Å². The fraction of sp³-hybridized carbons (Fsp3) is 0.302. The van der Waals surface area contributed by atoms with Crippen molar-refractivity contribution in [2.24, 2.45) is 0 Å². The van der Waals surface area contributed by atoms with Crippen LogP contribution in [-0.2, 0) is 35.4 Å². The van der Waals surface area contributed by atoms with E-state index >= 15 is 0 Å². The van der Waals surface area contributed by atoms with E-state index in [0.717, 1.165) is 44.5 Å².